The number of benzene rings is 1. The molecule has 0 amide bonds. The van der Waals surface area contributed by atoms with Crippen LogP contribution in [0.15, 0.2) is 22.9 Å². The predicted octanol–water partition coefficient (Wildman–Crippen LogP) is 4.54. The fourth-order valence-corrected chi connectivity index (χ4v) is 6.87. The van der Waals surface area contributed by atoms with Gasteiger partial charge in [-0.05, 0) is 89.1 Å². The van der Waals surface area contributed by atoms with Gasteiger partial charge in [0.1, 0.15) is 18.0 Å². The van der Waals surface area contributed by atoms with Crippen molar-refractivity contribution in [3.63, 3.8) is 0 Å². The SMILES string of the molecule is C[C@H](Oc1ccnc(-c2noc3c2CCC[C@@]32CCCc3c(F)cc(N)c(C#N)c32)n1)[C@@H]1CCCN1C. The largest absolute Gasteiger partial charge is 0.473 e. The van der Waals surface area contributed by atoms with E-state index < -0.39 is 5.41 Å². The first-order chi connectivity index (χ1) is 17.9. The normalized spacial score (nSPS) is 23.9. The Labute approximate surface area is 215 Å². The van der Waals surface area contributed by atoms with Crippen molar-refractivity contribution in [1.82, 2.24) is 20.0 Å². The van der Waals surface area contributed by atoms with Gasteiger partial charge in [0.25, 0.3) is 0 Å². The summed E-state index contributed by atoms with van der Waals surface area (Å²) in [5.41, 5.74) is 8.76. The molecule has 1 saturated heterocycles. The second kappa shape index (κ2) is 9.10. The number of hydrogen-bond donors (Lipinski definition) is 1. The van der Waals surface area contributed by atoms with Crippen LogP contribution in [-0.4, -0.2) is 45.8 Å². The van der Waals surface area contributed by atoms with E-state index in [1.165, 1.54) is 12.5 Å². The molecule has 1 aromatic carbocycles. The lowest BCUT2D eigenvalue weighted by Crippen LogP contribution is -2.38. The van der Waals surface area contributed by atoms with Crippen molar-refractivity contribution in [3.8, 4) is 23.5 Å². The third-order valence-electron chi connectivity index (χ3n) is 8.55. The minimum absolute atomic E-state index is 0.00626. The first-order valence-electron chi connectivity index (χ1n) is 13.1. The van der Waals surface area contributed by atoms with Crippen LogP contribution in [0.25, 0.3) is 11.5 Å². The highest BCUT2D eigenvalue weighted by Crippen LogP contribution is 2.53. The van der Waals surface area contributed by atoms with Gasteiger partial charge in [0.2, 0.25) is 5.88 Å². The third-order valence-corrected chi connectivity index (χ3v) is 8.55. The summed E-state index contributed by atoms with van der Waals surface area (Å²) in [6.45, 7) is 3.15. The zero-order valence-corrected chi connectivity index (χ0v) is 21.3. The summed E-state index contributed by atoms with van der Waals surface area (Å²) in [6.07, 6.45) is 8.40. The minimum Gasteiger partial charge on any atom is -0.473 e. The number of fused-ring (bicyclic) bond motifs is 4. The number of likely N-dealkylation sites (tertiary alicyclic amines) is 1. The summed E-state index contributed by atoms with van der Waals surface area (Å²) >= 11 is 0. The Kier molecular flexibility index (Phi) is 5.87. The second-order valence-corrected chi connectivity index (χ2v) is 10.6. The van der Waals surface area contributed by atoms with Gasteiger partial charge in [0, 0.05) is 23.9 Å². The third kappa shape index (κ3) is 3.77. The molecule has 2 aliphatic carbocycles. The molecule has 1 fully saturated rings. The van der Waals surface area contributed by atoms with Crippen molar-refractivity contribution in [1.29, 1.82) is 5.26 Å². The average Bonchev–Trinajstić information content (AvgIpc) is 3.52. The molecule has 1 spiro atoms. The van der Waals surface area contributed by atoms with Crippen LogP contribution in [0, 0.1) is 17.1 Å². The Balaban J connectivity index is 1.40. The number of nitrogens with zero attached hydrogens (tertiary/aromatic N) is 5. The number of likely N-dealkylation sites (N-methyl/N-ethyl adjacent to an activating group) is 1. The van der Waals surface area contributed by atoms with E-state index in [2.05, 4.69) is 35.1 Å². The molecule has 3 aliphatic rings. The molecule has 0 unspecified atom stereocenters. The lowest BCUT2D eigenvalue weighted by molar-refractivity contribution is 0.117. The number of anilines is 1. The van der Waals surface area contributed by atoms with Gasteiger partial charge in [-0.25, -0.2) is 9.37 Å². The van der Waals surface area contributed by atoms with Crippen LogP contribution in [0.2, 0.25) is 0 Å². The molecule has 2 N–H and O–H groups in total. The highest BCUT2D eigenvalue weighted by atomic mass is 19.1. The molecule has 0 radical (unpaired) electrons. The standard InChI is InChI=1S/C28H31FN6O2/c1-16(22-8-5-13-35(22)2)36-23-9-12-32-27(33-23)25-18-7-4-11-28(26(18)37-34-25)10-3-6-17-20(29)14-21(31)19(15-30)24(17)28/h9,12,14,16,22H,3-8,10-11,13,31H2,1-2H3/t16-,22-,28+/m0/s1. The summed E-state index contributed by atoms with van der Waals surface area (Å²) in [5, 5.41) is 14.4. The Bertz CT molecular complexity index is 1390. The van der Waals surface area contributed by atoms with Crippen LogP contribution in [0.3, 0.4) is 0 Å². The highest BCUT2D eigenvalue weighted by Gasteiger charge is 2.48. The maximum Gasteiger partial charge on any atom is 0.217 e. The molecule has 37 heavy (non-hydrogen) atoms. The smallest absolute Gasteiger partial charge is 0.217 e. The van der Waals surface area contributed by atoms with Gasteiger partial charge in [-0.2, -0.15) is 10.2 Å². The zero-order chi connectivity index (χ0) is 25.7. The topological polar surface area (TPSA) is 114 Å². The van der Waals surface area contributed by atoms with E-state index in [9.17, 15) is 5.26 Å². The monoisotopic (exact) mass is 502 g/mol. The minimum atomic E-state index is -0.636. The Morgan fingerprint density at radius 3 is 2.78 bits per heavy atom. The van der Waals surface area contributed by atoms with E-state index in [0.717, 1.165) is 50.6 Å². The molecule has 6 rings (SSSR count). The van der Waals surface area contributed by atoms with Crippen molar-refractivity contribution >= 4 is 5.69 Å². The lowest BCUT2D eigenvalue weighted by atomic mass is 9.61. The van der Waals surface area contributed by atoms with Crippen LogP contribution in [0.5, 0.6) is 5.88 Å². The van der Waals surface area contributed by atoms with Gasteiger partial charge >= 0.3 is 0 Å². The van der Waals surface area contributed by atoms with Crippen LogP contribution in [-0.2, 0) is 18.3 Å². The molecule has 192 valence electrons. The molecule has 3 heterocycles. The number of nitrogen functional groups attached to an aromatic ring is 1. The Morgan fingerprint density at radius 1 is 1.27 bits per heavy atom. The van der Waals surface area contributed by atoms with Crippen LogP contribution in [0.1, 0.15) is 73.5 Å². The van der Waals surface area contributed by atoms with Gasteiger partial charge in [-0.3, -0.25) is 4.90 Å². The molecule has 2 aromatic heterocycles. The van der Waals surface area contributed by atoms with Gasteiger partial charge < -0.3 is 15.0 Å². The van der Waals surface area contributed by atoms with Crippen molar-refractivity contribution in [2.45, 2.75) is 75.9 Å². The molecule has 8 nitrogen and oxygen atoms in total. The van der Waals surface area contributed by atoms with E-state index in [-0.39, 0.29) is 17.6 Å². The first kappa shape index (κ1) is 23.9. The van der Waals surface area contributed by atoms with Crippen molar-refractivity contribution in [2.75, 3.05) is 19.3 Å². The number of ether oxygens (including phenoxy) is 1. The highest BCUT2D eigenvalue weighted by molar-refractivity contribution is 5.67. The van der Waals surface area contributed by atoms with Gasteiger partial charge in [0.05, 0.1) is 16.7 Å². The van der Waals surface area contributed by atoms with Crippen LogP contribution < -0.4 is 10.5 Å². The summed E-state index contributed by atoms with van der Waals surface area (Å²) in [4.78, 5) is 11.5. The average molecular weight is 503 g/mol. The molecular formula is C28H31FN6O2. The van der Waals surface area contributed by atoms with E-state index in [0.29, 0.717) is 52.3 Å². The molecule has 0 bridgehead atoms. The van der Waals surface area contributed by atoms with E-state index >= 15 is 4.39 Å². The second-order valence-electron chi connectivity index (χ2n) is 10.6. The molecule has 0 saturated carbocycles. The van der Waals surface area contributed by atoms with Gasteiger partial charge in [-0.15, -0.1) is 0 Å². The van der Waals surface area contributed by atoms with Crippen molar-refractivity contribution < 1.29 is 13.7 Å². The number of aromatic nitrogens is 3. The summed E-state index contributed by atoms with van der Waals surface area (Å²) in [5.74, 6) is 1.28. The van der Waals surface area contributed by atoms with E-state index in [1.54, 1.807) is 12.3 Å². The Hall–Kier alpha value is -3.51. The van der Waals surface area contributed by atoms with Gasteiger partial charge in [0.15, 0.2) is 17.3 Å². The van der Waals surface area contributed by atoms with Crippen molar-refractivity contribution in [2.24, 2.45) is 0 Å². The first-order valence-corrected chi connectivity index (χ1v) is 13.1. The fraction of sp³-hybridized carbons (Fsp3) is 0.500. The molecule has 1 aliphatic heterocycles. The molecular weight excluding hydrogens is 471 g/mol. The van der Waals surface area contributed by atoms with Gasteiger partial charge in [-0.1, -0.05) is 5.16 Å². The molecule has 9 heteroatoms. The predicted molar refractivity (Wildman–Crippen MR) is 135 cm³/mol. The number of nitriles is 1. The summed E-state index contributed by atoms with van der Waals surface area (Å²) in [7, 11) is 2.13. The quantitative estimate of drug-likeness (QED) is 0.517. The number of nitrogens with two attached hydrogens (primary N) is 1. The fourth-order valence-electron chi connectivity index (χ4n) is 6.87. The summed E-state index contributed by atoms with van der Waals surface area (Å²) < 4.78 is 27.3. The van der Waals surface area contributed by atoms with Crippen LogP contribution >= 0.6 is 0 Å². The molecule has 3 aromatic rings. The lowest BCUT2D eigenvalue weighted by Gasteiger charge is -2.41. The zero-order valence-electron chi connectivity index (χ0n) is 21.3. The van der Waals surface area contributed by atoms with E-state index in [1.807, 2.05) is 0 Å². The van der Waals surface area contributed by atoms with Crippen LogP contribution in [0.4, 0.5) is 10.1 Å². The molecule has 3 atom stereocenters. The maximum atomic E-state index is 15.0. The maximum absolute atomic E-state index is 15.0. The Morgan fingerprint density at radius 2 is 2.05 bits per heavy atom. The number of rotatable bonds is 4. The number of halogens is 1. The summed E-state index contributed by atoms with van der Waals surface area (Å²) in [6, 6.07) is 5.64. The van der Waals surface area contributed by atoms with E-state index in [4.69, 9.17) is 20.0 Å². The van der Waals surface area contributed by atoms with Crippen molar-refractivity contribution in [3.05, 3.63) is 52.2 Å². The number of hydrogen-bond acceptors (Lipinski definition) is 8.